The van der Waals surface area contributed by atoms with Crippen LogP contribution in [0.4, 0.5) is 0 Å². The molecule has 2 aromatic heterocycles. The van der Waals surface area contributed by atoms with E-state index in [9.17, 15) is 0 Å². The van der Waals surface area contributed by atoms with Gasteiger partial charge < -0.3 is 8.83 Å². The van der Waals surface area contributed by atoms with E-state index in [0.29, 0.717) is 24.0 Å². The number of furan rings is 1. The number of halogens is 1. The Hall–Kier alpha value is -1.22. The summed E-state index contributed by atoms with van der Waals surface area (Å²) in [6.45, 7) is 2.04. The van der Waals surface area contributed by atoms with E-state index in [1.807, 2.05) is 19.1 Å². The SMILES string of the molecule is CCc1ccc(-c2cnc(CCCl)o2)o1. The molecule has 2 heterocycles. The maximum absolute atomic E-state index is 5.59. The Balaban J connectivity index is 2.21. The standard InChI is InChI=1S/C11H12ClNO2/c1-2-8-3-4-9(14-8)10-7-13-11(15-10)5-6-12/h3-4,7H,2,5-6H2,1H3. The van der Waals surface area contributed by atoms with Crippen molar-refractivity contribution in [2.75, 3.05) is 5.88 Å². The maximum Gasteiger partial charge on any atom is 0.196 e. The molecule has 0 aliphatic carbocycles. The molecule has 0 spiro atoms. The van der Waals surface area contributed by atoms with Gasteiger partial charge in [-0.1, -0.05) is 6.92 Å². The molecule has 15 heavy (non-hydrogen) atoms. The van der Waals surface area contributed by atoms with Crippen molar-refractivity contribution in [2.24, 2.45) is 0 Å². The van der Waals surface area contributed by atoms with Crippen LogP contribution >= 0.6 is 11.6 Å². The molecule has 2 aromatic rings. The molecule has 3 nitrogen and oxygen atoms in total. The highest BCUT2D eigenvalue weighted by Crippen LogP contribution is 2.23. The number of hydrogen-bond donors (Lipinski definition) is 0. The molecule has 0 N–H and O–H groups in total. The lowest BCUT2D eigenvalue weighted by molar-refractivity contribution is 0.473. The Morgan fingerprint density at radius 2 is 2.13 bits per heavy atom. The van der Waals surface area contributed by atoms with Crippen LogP contribution in [0.5, 0.6) is 0 Å². The van der Waals surface area contributed by atoms with Crippen molar-refractivity contribution < 1.29 is 8.83 Å². The van der Waals surface area contributed by atoms with Gasteiger partial charge in [-0.3, -0.25) is 0 Å². The Labute approximate surface area is 93.1 Å². The highest BCUT2D eigenvalue weighted by molar-refractivity contribution is 6.17. The number of oxazole rings is 1. The molecule has 0 amide bonds. The average molecular weight is 226 g/mol. The van der Waals surface area contributed by atoms with Crippen molar-refractivity contribution in [1.82, 2.24) is 4.98 Å². The molecule has 0 aromatic carbocycles. The molecule has 0 aliphatic heterocycles. The largest absolute Gasteiger partial charge is 0.458 e. The van der Waals surface area contributed by atoms with Gasteiger partial charge in [-0.15, -0.1) is 11.6 Å². The number of rotatable bonds is 4. The molecule has 2 rings (SSSR count). The summed E-state index contributed by atoms with van der Waals surface area (Å²) in [4.78, 5) is 4.11. The first kappa shape index (κ1) is 10.3. The first-order valence-corrected chi connectivity index (χ1v) is 5.46. The van der Waals surface area contributed by atoms with E-state index in [1.54, 1.807) is 6.20 Å². The highest BCUT2D eigenvalue weighted by atomic mass is 35.5. The Morgan fingerprint density at radius 3 is 2.80 bits per heavy atom. The third-order valence-corrected chi connectivity index (χ3v) is 2.30. The Bertz CT molecular complexity index is 433. The topological polar surface area (TPSA) is 39.2 Å². The normalized spacial score (nSPS) is 10.8. The lowest BCUT2D eigenvalue weighted by Gasteiger charge is -1.90. The zero-order chi connectivity index (χ0) is 10.7. The van der Waals surface area contributed by atoms with Crippen molar-refractivity contribution in [3.63, 3.8) is 0 Å². The molecular weight excluding hydrogens is 214 g/mol. The molecule has 0 bridgehead atoms. The fraction of sp³-hybridized carbons (Fsp3) is 0.364. The van der Waals surface area contributed by atoms with Crippen molar-refractivity contribution >= 4 is 11.6 Å². The van der Waals surface area contributed by atoms with Gasteiger partial charge in [0.1, 0.15) is 5.76 Å². The van der Waals surface area contributed by atoms with Crippen molar-refractivity contribution in [2.45, 2.75) is 19.8 Å². The summed E-state index contributed by atoms with van der Waals surface area (Å²) in [5, 5.41) is 0. The highest BCUT2D eigenvalue weighted by Gasteiger charge is 2.09. The lowest BCUT2D eigenvalue weighted by atomic mass is 10.3. The first-order chi connectivity index (χ1) is 7.33. The minimum absolute atomic E-state index is 0.512. The Kier molecular flexibility index (Phi) is 3.11. The molecule has 0 atom stereocenters. The van der Waals surface area contributed by atoms with E-state index >= 15 is 0 Å². The van der Waals surface area contributed by atoms with Crippen LogP contribution in [0.1, 0.15) is 18.6 Å². The quantitative estimate of drug-likeness (QED) is 0.750. The maximum atomic E-state index is 5.59. The van der Waals surface area contributed by atoms with Gasteiger partial charge >= 0.3 is 0 Å². The second-order valence-electron chi connectivity index (χ2n) is 3.18. The van der Waals surface area contributed by atoms with Crippen LogP contribution in [0.25, 0.3) is 11.5 Å². The van der Waals surface area contributed by atoms with Gasteiger partial charge in [0, 0.05) is 18.7 Å². The minimum atomic E-state index is 0.512. The molecule has 0 fully saturated rings. The van der Waals surface area contributed by atoms with E-state index in [2.05, 4.69) is 4.98 Å². The third-order valence-electron chi connectivity index (χ3n) is 2.11. The average Bonchev–Trinajstić information content (AvgIpc) is 2.85. The fourth-order valence-corrected chi connectivity index (χ4v) is 1.48. The number of aromatic nitrogens is 1. The van der Waals surface area contributed by atoms with Gasteiger partial charge in [0.15, 0.2) is 17.4 Å². The van der Waals surface area contributed by atoms with Gasteiger partial charge in [0.25, 0.3) is 0 Å². The summed E-state index contributed by atoms with van der Waals surface area (Å²) < 4.78 is 11.0. The predicted molar refractivity (Wildman–Crippen MR) is 58.0 cm³/mol. The van der Waals surface area contributed by atoms with Gasteiger partial charge in [-0.05, 0) is 12.1 Å². The molecule has 0 saturated carbocycles. The summed E-state index contributed by atoms with van der Waals surface area (Å²) in [5.74, 6) is 3.49. The van der Waals surface area contributed by atoms with Crippen LogP contribution in [0.15, 0.2) is 27.2 Å². The number of alkyl halides is 1. The first-order valence-electron chi connectivity index (χ1n) is 4.93. The summed E-state index contributed by atoms with van der Waals surface area (Å²) in [6.07, 6.45) is 3.19. The summed E-state index contributed by atoms with van der Waals surface area (Å²) in [5.41, 5.74) is 0. The Morgan fingerprint density at radius 1 is 1.27 bits per heavy atom. The van der Waals surface area contributed by atoms with Gasteiger partial charge in [0.2, 0.25) is 0 Å². The van der Waals surface area contributed by atoms with Crippen LogP contribution in [0.3, 0.4) is 0 Å². The van der Waals surface area contributed by atoms with E-state index in [4.69, 9.17) is 20.4 Å². The minimum Gasteiger partial charge on any atom is -0.458 e. The van der Waals surface area contributed by atoms with Gasteiger partial charge in [0.05, 0.1) is 6.20 Å². The van der Waals surface area contributed by atoms with Crippen molar-refractivity contribution in [3.8, 4) is 11.5 Å². The van der Waals surface area contributed by atoms with Crippen LogP contribution in [-0.2, 0) is 12.8 Å². The molecular formula is C11H12ClNO2. The number of aryl methyl sites for hydroxylation is 2. The van der Waals surface area contributed by atoms with Crippen LogP contribution < -0.4 is 0 Å². The van der Waals surface area contributed by atoms with Crippen LogP contribution in [-0.4, -0.2) is 10.9 Å². The molecule has 0 aliphatic rings. The molecule has 0 unspecified atom stereocenters. The van der Waals surface area contributed by atoms with E-state index < -0.39 is 0 Å². The molecule has 0 saturated heterocycles. The van der Waals surface area contributed by atoms with E-state index in [1.165, 1.54) is 0 Å². The summed E-state index contributed by atoms with van der Waals surface area (Å²) in [6, 6.07) is 3.84. The molecule has 4 heteroatoms. The molecule has 80 valence electrons. The fourth-order valence-electron chi connectivity index (χ4n) is 1.32. The number of hydrogen-bond acceptors (Lipinski definition) is 3. The zero-order valence-corrected chi connectivity index (χ0v) is 9.25. The van der Waals surface area contributed by atoms with E-state index in [0.717, 1.165) is 17.9 Å². The number of nitrogens with zero attached hydrogens (tertiary/aromatic N) is 1. The lowest BCUT2D eigenvalue weighted by Crippen LogP contribution is -1.83. The van der Waals surface area contributed by atoms with E-state index in [-0.39, 0.29) is 0 Å². The summed E-state index contributed by atoms with van der Waals surface area (Å²) >= 11 is 5.59. The third kappa shape index (κ3) is 2.23. The van der Waals surface area contributed by atoms with Crippen LogP contribution in [0, 0.1) is 0 Å². The van der Waals surface area contributed by atoms with Gasteiger partial charge in [-0.2, -0.15) is 0 Å². The predicted octanol–water partition coefficient (Wildman–Crippen LogP) is 3.28. The van der Waals surface area contributed by atoms with Crippen molar-refractivity contribution in [3.05, 3.63) is 30.0 Å². The second-order valence-corrected chi connectivity index (χ2v) is 3.55. The monoisotopic (exact) mass is 225 g/mol. The smallest absolute Gasteiger partial charge is 0.196 e. The molecule has 0 radical (unpaired) electrons. The van der Waals surface area contributed by atoms with Crippen molar-refractivity contribution in [1.29, 1.82) is 0 Å². The second kappa shape index (κ2) is 4.53. The summed E-state index contributed by atoms with van der Waals surface area (Å²) in [7, 11) is 0. The van der Waals surface area contributed by atoms with Crippen LogP contribution in [0.2, 0.25) is 0 Å². The zero-order valence-electron chi connectivity index (χ0n) is 8.50. The van der Waals surface area contributed by atoms with Gasteiger partial charge in [-0.25, -0.2) is 4.98 Å².